The maximum atomic E-state index is 2.32. The van der Waals surface area contributed by atoms with E-state index < -0.39 is 0 Å². The third kappa shape index (κ3) is 6.27. The molecule has 2 heteroatoms. The van der Waals surface area contributed by atoms with Crippen molar-refractivity contribution in [1.29, 1.82) is 0 Å². The van der Waals surface area contributed by atoms with Crippen molar-refractivity contribution in [3.63, 3.8) is 0 Å². The molecule has 1 atom stereocenters. The number of hydrogen-bond acceptors (Lipinski definition) is 0. The lowest BCUT2D eigenvalue weighted by atomic mass is 10.0. The molecule has 1 unspecified atom stereocenters. The average molecular weight is 164 g/mol. The molecule has 0 amide bonds. The molecule has 0 aliphatic heterocycles. The second-order valence-corrected chi connectivity index (χ2v) is 3.64. The number of hydrogen-bond donors (Lipinski definition) is 0. The summed E-state index contributed by atoms with van der Waals surface area (Å²) in [5.74, 6) is 1.07. The van der Waals surface area contributed by atoms with Gasteiger partial charge in [-0.2, -0.15) is 0 Å². The second kappa shape index (κ2) is 9.15. The highest BCUT2D eigenvalue weighted by Gasteiger charge is 2.00. The second-order valence-electron chi connectivity index (χ2n) is 2.82. The van der Waals surface area contributed by atoms with E-state index in [1.54, 1.807) is 0 Å². The first-order valence-corrected chi connectivity index (χ1v) is 5.76. The molecule has 0 spiro atoms. The SMILES string of the molecule is CCCCC(CC)C[SiH3].F. The Balaban J connectivity index is 0. The summed E-state index contributed by atoms with van der Waals surface area (Å²) in [6.45, 7) is 4.60. The largest absolute Gasteiger partial charge is 0.269 e. The molecular weight excluding hydrogens is 143 g/mol. The number of rotatable bonds is 5. The Hall–Kier alpha value is 0.147. The molecule has 0 rings (SSSR count). The lowest BCUT2D eigenvalue weighted by Gasteiger charge is -2.09. The molecule has 0 N–H and O–H groups in total. The lowest BCUT2D eigenvalue weighted by Crippen LogP contribution is -1.96. The first kappa shape index (κ1) is 12.8. The molecule has 0 saturated carbocycles. The van der Waals surface area contributed by atoms with E-state index in [0.717, 1.165) is 5.92 Å². The van der Waals surface area contributed by atoms with Crippen LogP contribution in [0.1, 0.15) is 39.5 Å². The van der Waals surface area contributed by atoms with Crippen molar-refractivity contribution in [1.82, 2.24) is 0 Å². The molecular formula is C8H21FSi. The van der Waals surface area contributed by atoms with Gasteiger partial charge in [0.15, 0.2) is 0 Å². The molecule has 0 aliphatic rings. The van der Waals surface area contributed by atoms with Crippen LogP contribution in [0.4, 0.5) is 4.70 Å². The molecule has 0 aromatic heterocycles. The fourth-order valence-electron chi connectivity index (χ4n) is 1.19. The van der Waals surface area contributed by atoms with Crippen molar-refractivity contribution in [2.45, 2.75) is 45.6 Å². The predicted molar refractivity (Wildman–Crippen MR) is 50.6 cm³/mol. The van der Waals surface area contributed by atoms with Gasteiger partial charge in [-0.3, -0.25) is 4.70 Å². The summed E-state index contributed by atoms with van der Waals surface area (Å²) < 4.78 is 0. The Morgan fingerprint density at radius 3 is 2.20 bits per heavy atom. The molecule has 0 bridgehead atoms. The van der Waals surface area contributed by atoms with Gasteiger partial charge < -0.3 is 0 Å². The molecule has 0 fully saturated rings. The van der Waals surface area contributed by atoms with Crippen molar-refractivity contribution < 1.29 is 4.70 Å². The summed E-state index contributed by atoms with van der Waals surface area (Å²) >= 11 is 0. The highest BCUT2D eigenvalue weighted by atomic mass is 28.1. The maximum absolute atomic E-state index is 2.32. The Kier molecular flexibility index (Phi) is 11.7. The van der Waals surface area contributed by atoms with Crippen LogP contribution in [0.25, 0.3) is 0 Å². The van der Waals surface area contributed by atoms with E-state index in [2.05, 4.69) is 13.8 Å². The van der Waals surface area contributed by atoms with Gasteiger partial charge >= 0.3 is 0 Å². The molecule has 0 aliphatic carbocycles. The van der Waals surface area contributed by atoms with E-state index in [9.17, 15) is 0 Å². The van der Waals surface area contributed by atoms with Crippen LogP contribution in [0.3, 0.4) is 0 Å². The molecule has 0 radical (unpaired) electrons. The fraction of sp³-hybridized carbons (Fsp3) is 1.00. The van der Waals surface area contributed by atoms with Crippen LogP contribution in [0.15, 0.2) is 0 Å². The third-order valence-electron chi connectivity index (χ3n) is 2.12. The van der Waals surface area contributed by atoms with Crippen LogP contribution in [0, 0.1) is 5.92 Å². The van der Waals surface area contributed by atoms with Crippen LogP contribution < -0.4 is 0 Å². The van der Waals surface area contributed by atoms with Gasteiger partial charge in [-0.1, -0.05) is 45.6 Å². The van der Waals surface area contributed by atoms with Gasteiger partial charge in [0.1, 0.15) is 0 Å². The molecule has 0 nitrogen and oxygen atoms in total. The van der Waals surface area contributed by atoms with E-state index in [0.29, 0.717) is 0 Å². The molecule has 10 heavy (non-hydrogen) atoms. The van der Waals surface area contributed by atoms with Crippen molar-refractivity contribution in [3.8, 4) is 0 Å². The normalized spacial score (nSPS) is 12.6. The predicted octanol–water partition coefficient (Wildman–Crippen LogP) is 2.14. The van der Waals surface area contributed by atoms with Crippen LogP contribution >= 0.6 is 0 Å². The molecule has 0 saturated heterocycles. The summed E-state index contributed by atoms with van der Waals surface area (Å²) in [6.07, 6.45) is 5.71. The van der Waals surface area contributed by atoms with Crippen LogP contribution in [-0.4, -0.2) is 10.2 Å². The Morgan fingerprint density at radius 2 is 1.90 bits per heavy atom. The first-order chi connectivity index (χ1) is 4.35. The standard InChI is InChI=1S/C8H20Si.FH/c1-3-5-6-8(4-2)7-9;/h8H,3-7H2,1-2,9H3;1H. The van der Waals surface area contributed by atoms with Crippen molar-refractivity contribution >= 4 is 10.2 Å². The lowest BCUT2D eigenvalue weighted by molar-refractivity contribution is 0.492. The summed E-state index contributed by atoms with van der Waals surface area (Å²) in [5, 5.41) is 0. The Morgan fingerprint density at radius 1 is 1.30 bits per heavy atom. The first-order valence-electron chi connectivity index (χ1n) is 4.35. The van der Waals surface area contributed by atoms with Gasteiger partial charge in [0.2, 0.25) is 0 Å². The molecule has 0 aromatic rings. The van der Waals surface area contributed by atoms with E-state index >= 15 is 0 Å². The fourth-order valence-corrected chi connectivity index (χ4v) is 2.18. The van der Waals surface area contributed by atoms with Crippen LogP contribution in [0.5, 0.6) is 0 Å². The minimum atomic E-state index is 0. The minimum absolute atomic E-state index is 0. The van der Waals surface area contributed by atoms with Gasteiger partial charge in [0.05, 0.1) is 0 Å². The van der Waals surface area contributed by atoms with E-state index in [4.69, 9.17) is 0 Å². The number of halogens is 1. The Labute approximate surface area is 67.2 Å². The van der Waals surface area contributed by atoms with E-state index in [1.165, 1.54) is 42.0 Å². The van der Waals surface area contributed by atoms with Gasteiger partial charge in [-0.15, -0.1) is 0 Å². The van der Waals surface area contributed by atoms with Crippen molar-refractivity contribution in [2.75, 3.05) is 0 Å². The zero-order chi connectivity index (χ0) is 7.11. The van der Waals surface area contributed by atoms with Gasteiger partial charge in [0, 0.05) is 10.2 Å². The highest BCUT2D eigenvalue weighted by Crippen LogP contribution is 2.14. The summed E-state index contributed by atoms with van der Waals surface area (Å²) in [4.78, 5) is 0. The average Bonchev–Trinajstić information content (AvgIpc) is 1.91. The van der Waals surface area contributed by atoms with Crippen LogP contribution in [-0.2, 0) is 0 Å². The minimum Gasteiger partial charge on any atom is -0.269 e. The topological polar surface area (TPSA) is 0 Å². The Bertz CT molecular complexity index is 53.2. The number of unbranched alkanes of at least 4 members (excludes halogenated alkanes) is 1. The third-order valence-corrected chi connectivity index (χ3v) is 3.28. The summed E-state index contributed by atoms with van der Waals surface area (Å²) in [5.41, 5.74) is 0. The molecule has 64 valence electrons. The summed E-state index contributed by atoms with van der Waals surface area (Å²) in [7, 11) is 1.40. The van der Waals surface area contributed by atoms with Gasteiger partial charge in [-0.25, -0.2) is 0 Å². The molecule has 0 heterocycles. The molecule has 0 aromatic carbocycles. The van der Waals surface area contributed by atoms with E-state index in [1.807, 2.05) is 0 Å². The van der Waals surface area contributed by atoms with Crippen molar-refractivity contribution in [2.24, 2.45) is 5.92 Å². The monoisotopic (exact) mass is 164 g/mol. The van der Waals surface area contributed by atoms with Crippen molar-refractivity contribution in [3.05, 3.63) is 0 Å². The quantitative estimate of drug-likeness (QED) is 0.546. The van der Waals surface area contributed by atoms with Gasteiger partial charge in [-0.05, 0) is 5.92 Å². The highest BCUT2D eigenvalue weighted by molar-refractivity contribution is 6.08. The zero-order valence-electron chi connectivity index (χ0n) is 7.52. The van der Waals surface area contributed by atoms with Crippen LogP contribution in [0.2, 0.25) is 6.04 Å². The smallest absolute Gasteiger partial charge is 0.00314 e. The van der Waals surface area contributed by atoms with E-state index in [-0.39, 0.29) is 4.70 Å². The van der Waals surface area contributed by atoms with Gasteiger partial charge in [0.25, 0.3) is 0 Å². The zero-order valence-corrected chi connectivity index (χ0v) is 9.52. The summed E-state index contributed by atoms with van der Waals surface area (Å²) in [6, 6.07) is 1.51. The maximum Gasteiger partial charge on any atom is 0.00314 e.